The summed E-state index contributed by atoms with van der Waals surface area (Å²) in [6, 6.07) is 14.3. The summed E-state index contributed by atoms with van der Waals surface area (Å²) in [6.45, 7) is 6.16. The highest BCUT2D eigenvalue weighted by Gasteiger charge is 2.25. The summed E-state index contributed by atoms with van der Waals surface area (Å²) in [4.78, 5) is 21.9. The zero-order chi connectivity index (χ0) is 19.7. The number of ketones is 1. The van der Waals surface area contributed by atoms with Gasteiger partial charge < -0.3 is 10.6 Å². The van der Waals surface area contributed by atoms with Crippen LogP contribution in [0.5, 0.6) is 0 Å². The molecule has 0 spiro atoms. The zero-order valence-electron chi connectivity index (χ0n) is 16.5. The van der Waals surface area contributed by atoms with Gasteiger partial charge in [-0.05, 0) is 62.9 Å². The summed E-state index contributed by atoms with van der Waals surface area (Å²) in [6.07, 6.45) is 2.16. The van der Waals surface area contributed by atoms with Gasteiger partial charge in [0, 0.05) is 17.8 Å². The molecule has 2 N–H and O–H groups in total. The molecule has 0 saturated carbocycles. The number of anilines is 4. The molecule has 1 heterocycles. The van der Waals surface area contributed by atoms with E-state index in [4.69, 9.17) is 0 Å². The lowest BCUT2D eigenvalue weighted by Gasteiger charge is -2.20. The summed E-state index contributed by atoms with van der Waals surface area (Å²) < 4.78 is 0. The number of nitrogens with zero attached hydrogens (tertiary/aromatic N) is 2. The normalized spacial score (nSPS) is 13.2. The van der Waals surface area contributed by atoms with Gasteiger partial charge in [-0.25, -0.2) is 4.98 Å². The van der Waals surface area contributed by atoms with E-state index in [2.05, 4.69) is 46.6 Å². The van der Waals surface area contributed by atoms with Crippen LogP contribution in [0.25, 0.3) is 0 Å². The third kappa shape index (κ3) is 3.74. The van der Waals surface area contributed by atoms with Crippen LogP contribution in [0.4, 0.5) is 23.1 Å². The van der Waals surface area contributed by atoms with Gasteiger partial charge in [-0.15, -0.1) is 0 Å². The summed E-state index contributed by atoms with van der Waals surface area (Å²) in [5.74, 6) is 1.19. The van der Waals surface area contributed by atoms with Crippen LogP contribution in [0.3, 0.4) is 0 Å². The number of carbonyl (C=O) groups excluding carboxylic acids is 1. The number of aryl methyl sites for hydroxylation is 4. The lowest BCUT2D eigenvalue weighted by Crippen LogP contribution is -2.18. The van der Waals surface area contributed by atoms with Crippen LogP contribution in [0.2, 0.25) is 0 Å². The molecule has 0 fully saturated rings. The van der Waals surface area contributed by atoms with Crippen LogP contribution in [0.15, 0.2) is 42.5 Å². The lowest BCUT2D eigenvalue weighted by atomic mass is 9.95. The summed E-state index contributed by atoms with van der Waals surface area (Å²) in [5.41, 5.74) is 6.79. The number of hydrogen-bond donors (Lipinski definition) is 2. The summed E-state index contributed by atoms with van der Waals surface area (Å²) in [7, 11) is 0. The number of fused-ring (bicyclic) bond motifs is 1. The fourth-order valence-electron chi connectivity index (χ4n) is 3.60. The SMILES string of the molecule is Cc1cccc(Nc2nc3c(c(Nc4ccc(C)cc4C)n2)C(=O)CCC3)c1. The van der Waals surface area contributed by atoms with Crippen molar-refractivity contribution in [1.82, 2.24) is 9.97 Å². The number of Topliss-reactive ketones (excluding diaryl/α,β-unsaturated/α-hetero) is 1. The molecule has 1 aliphatic carbocycles. The largest absolute Gasteiger partial charge is 0.339 e. The minimum absolute atomic E-state index is 0.107. The Morgan fingerprint density at radius 3 is 2.50 bits per heavy atom. The molecule has 1 aliphatic rings. The molecule has 1 aromatic heterocycles. The highest BCUT2D eigenvalue weighted by molar-refractivity contribution is 6.03. The Labute approximate surface area is 165 Å². The van der Waals surface area contributed by atoms with Gasteiger partial charge in [0.15, 0.2) is 5.78 Å². The number of nitrogens with one attached hydrogen (secondary N) is 2. The molecule has 0 radical (unpaired) electrons. The predicted molar refractivity (Wildman–Crippen MR) is 113 cm³/mol. The summed E-state index contributed by atoms with van der Waals surface area (Å²) in [5, 5.41) is 6.67. The second-order valence-corrected chi connectivity index (χ2v) is 7.43. The molecule has 5 heteroatoms. The smallest absolute Gasteiger partial charge is 0.229 e. The van der Waals surface area contributed by atoms with Crippen molar-refractivity contribution in [3.8, 4) is 0 Å². The van der Waals surface area contributed by atoms with Crippen LogP contribution in [-0.2, 0) is 6.42 Å². The Bertz CT molecular complexity index is 1060. The zero-order valence-corrected chi connectivity index (χ0v) is 16.5. The first-order chi connectivity index (χ1) is 13.5. The van der Waals surface area contributed by atoms with Crippen molar-refractivity contribution in [1.29, 1.82) is 0 Å². The monoisotopic (exact) mass is 372 g/mol. The molecule has 0 bridgehead atoms. The molecule has 4 rings (SSSR count). The Morgan fingerprint density at radius 1 is 0.893 bits per heavy atom. The van der Waals surface area contributed by atoms with Crippen molar-refractivity contribution in [2.45, 2.75) is 40.0 Å². The van der Waals surface area contributed by atoms with Crippen LogP contribution in [0, 0.1) is 20.8 Å². The van der Waals surface area contributed by atoms with Gasteiger partial charge in [-0.1, -0.05) is 29.8 Å². The van der Waals surface area contributed by atoms with E-state index in [0.717, 1.165) is 41.0 Å². The van der Waals surface area contributed by atoms with Crippen molar-refractivity contribution in [2.75, 3.05) is 10.6 Å². The van der Waals surface area contributed by atoms with E-state index in [-0.39, 0.29) is 5.78 Å². The molecule has 0 amide bonds. The van der Waals surface area contributed by atoms with Crippen molar-refractivity contribution in [3.63, 3.8) is 0 Å². The van der Waals surface area contributed by atoms with E-state index in [1.54, 1.807) is 0 Å². The first-order valence-corrected chi connectivity index (χ1v) is 9.62. The minimum Gasteiger partial charge on any atom is -0.339 e. The molecule has 3 aromatic rings. The van der Waals surface area contributed by atoms with Crippen molar-refractivity contribution in [3.05, 3.63) is 70.4 Å². The molecule has 0 saturated heterocycles. The highest BCUT2D eigenvalue weighted by Crippen LogP contribution is 2.31. The van der Waals surface area contributed by atoms with Gasteiger partial charge in [0.25, 0.3) is 0 Å². The van der Waals surface area contributed by atoms with Crippen LogP contribution in [0.1, 0.15) is 45.6 Å². The third-order valence-corrected chi connectivity index (χ3v) is 4.99. The molecular weight excluding hydrogens is 348 g/mol. The highest BCUT2D eigenvalue weighted by atomic mass is 16.1. The first kappa shape index (κ1) is 18.2. The Morgan fingerprint density at radius 2 is 1.71 bits per heavy atom. The number of benzene rings is 2. The molecular formula is C23H24N4O. The number of hydrogen-bond acceptors (Lipinski definition) is 5. The van der Waals surface area contributed by atoms with Crippen molar-refractivity contribution in [2.24, 2.45) is 0 Å². The van der Waals surface area contributed by atoms with Crippen molar-refractivity contribution < 1.29 is 4.79 Å². The van der Waals surface area contributed by atoms with Gasteiger partial charge >= 0.3 is 0 Å². The average Bonchev–Trinajstić information content (AvgIpc) is 2.64. The Balaban J connectivity index is 1.75. The van der Waals surface area contributed by atoms with E-state index in [0.29, 0.717) is 23.8 Å². The standard InChI is InChI=1S/C23H24N4O/c1-14-6-4-7-17(13-14)24-23-26-19-8-5-9-20(28)21(19)22(27-23)25-18-11-10-15(2)12-16(18)3/h4,6-7,10-13H,5,8-9H2,1-3H3,(H2,24,25,26,27). The molecule has 0 unspecified atom stereocenters. The fraction of sp³-hybridized carbons (Fsp3) is 0.261. The average molecular weight is 372 g/mol. The van der Waals surface area contributed by atoms with Gasteiger partial charge in [0.05, 0.1) is 11.3 Å². The van der Waals surface area contributed by atoms with E-state index < -0.39 is 0 Å². The van der Waals surface area contributed by atoms with E-state index in [9.17, 15) is 4.79 Å². The number of carbonyl (C=O) groups is 1. The molecule has 28 heavy (non-hydrogen) atoms. The third-order valence-electron chi connectivity index (χ3n) is 4.99. The van der Waals surface area contributed by atoms with Gasteiger partial charge in [-0.3, -0.25) is 4.79 Å². The number of aromatic nitrogens is 2. The fourth-order valence-corrected chi connectivity index (χ4v) is 3.60. The van der Waals surface area contributed by atoms with Gasteiger partial charge in [0.1, 0.15) is 5.82 Å². The molecule has 2 aromatic carbocycles. The summed E-state index contributed by atoms with van der Waals surface area (Å²) >= 11 is 0. The van der Waals surface area contributed by atoms with E-state index >= 15 is 0 Å². The molecule has 0 atom stereocenters. The van der Waals surface area contributed by atoms with E-state index in [1.165, 1.54) is 5.56 Å². The lowest BCUT2D eigenvalue weighted by molar-refractivity contribution is 0.0972. The molecule has 142 valence electrons. The van der Waals surface area contributed by atoms with Gasteiger partial charge in [-0.2, -0.15) is 4.98 Å². The quantitative estimate of drug-likeness (QED) is 0.641. The van der Waals surface area contributed by atoms with Crippen molar-refractivity contribution >= 4 is 28.9 Å². The predicted octanol–water partition coefficient (Wildman–Crippen LogP) is 5.41. The molecule has 5 nitrogen and oxygen atoms in total. The maximum atomic E-state index is 12.6. The Kier molecular flexibility index (Phi) is 4.82. The number of rotatable bonds is 4. The van der Waals surface area contributed by atoms with Gasteiger partial charge in [0.2, 0.25) is 5.95 Å². The maximum absolute atomic E-state index is 12.6. The minimum atomic E-state index is 0.107. The first-order valence-electron chi connectivity index (χ1n) is 9.62. The van der Waals surface area contributed by atoms with Crippen LogP contribution < -0.4 is 10.6 Å². The second kappa shape index (κ2) is 7.43. The van der Waals surface area contributed by atoms with E-state index in [1.807, 2.05) is 37.3 Å². The van der Waals surface area contributed by atoms with Crippen LogP contribution >= 0.6 is 0 Å². The Hall–Kier alpha value is -3.21. The second-order valence-electron chi connectivity index (χ2n) is 7.43. The topological polar surface area (TPSA) is 66.9 Å². The van der Waals surface area contributed by atoms with Crippen LogP contribution in [-0.4, -0.2) is 15.8 Å². The molecule has 0 aliphatic heterocycles. The maximum Gasteiger partial charge on any atom is 0.229 e.